The molecule has 0 bridgehead atoms. The van der Waals surface area contributed by atoms with Crippen LogP contribution in [0, 0.1) is 0 Å². The van der Waals surface area contributed by atoms with Crippen molar-refractivity contribution >= 4 is 33.1 Å². The summed E-state index contributed by atoms with van der Waals surface area (Å²) in [6, 6.07) is 12.9. The third-order valence-corrected chi connectivity index (χ3v) is 6.28. The number of halogens is 1. The molecule has 0 spiro atoms. The Kier molecular flexibility index (Phi) is 5.95. The largest absolute Gasteiger partial charge is 0.461 e. The van der Waals surface area contributed by atoms with Crippen molar-refractivity contribution in [2.45, 2.75) is 30.2 Å². The van der Waals surface area contributed by atoms with Gasteiger partial charge < -0.3 is 10.5 Å². The van der Waals surface area contributed by atoms with Gasteiger partial charge in [-0.05, 0) is 55.3 Å². The molecular weight excluding hydrogens is 414 g/mol. The van der Waals surface area contributed by atoms with Crippen LogP contribution in [0.1, 0.15) is 29.9 Å². The van der Waals surface area contributed by atoms with Gasteiger partial charge in [-0.3, -0.25) is 0 Å². The van der Waals surface area contributed by atoms with Crippen LogP contribution in [0.4, 0.5) is 5.69 Å². The summed E-state index contributed by atoms with van der Waals surface area (Å²) < 4.78 is 32.5. The van der Waals surface area contributed by atoms with Crippen LogP contribution < -0.4 is 5.73 Å². The highest BCUT2D eigenvalue weighted by Crippen LogP contribution is 2.30. The zero-order chi connectivity index (χ0) is 21.2. The summed E-state index contributed by atoms with van der Waals surface area (Å²) in [4.78, 5) is 12.5. The zero-order valence-electron chi connectivity index (χ0n) is 15.9. The van der Waals surface area contributed by atoms with E-state index in [0.29, 0.717) is 10.7 Å². The van der Waals surface area contributed by atoms with E-state index < -0.39 is 20.8 Å². The Bertz CT molecular complexity index is 1140. The Labute approximate surface area is 174 Å². The lowest BCUT2D eigenvalue weighted by atomic mass is 10.2. The standard InChI is InChI=1S/C20H20ClN3O4S/c1-3-13-5-11-16(12-6-13)29(26,27)19-17(22)18(20(25)28-4-2)24(23-19)15-9-7-14(21)8-10-15/h5-12H,3-4,22H2,1-2H3. The monoisotopic (exact) mass is 433 g/mol. The highest BCUT2D eigenvalue weighted by molar-refractivity contribution is 7.91. The van der Waals surface area contributed by atoms with Crippen LogP contribution in [-0.2, 0) is 21.0 Å². The predicted octanol–water partition coefficient (Wildman–Crippen LogP) is 3.68. The predicted molar refractivity (Wildman–Crippen MR) is 110 cm³/mol. The summed E-state index contributed by atoms with van der Waals surface area (Å²) in [5, 5.41) is 4.24. The van der Waals surface area contributed by atoms with Crippen molar-refractivity contribution in [2.24, 2.45) is 0 Å². The molecule has 0 radical (unpaired) electrons. The maximum absolute atomic E-state index is 13.2. The van der Waals surface area contributed by atoms with Crippen LogP contribution in [0.15, 0.2) is 58.5 Å². The third-order valence-electron chi connectivity index (χ3n) is 4.32. The highest BCUT2D eigenvalue weighted by Gasteiger charge is 2.32. The van der Waals surface area contributed by atoms with Crippen molar-refractivity contribution in [1.82, 2.24) is 9.78 Å². The van der Waals surface area contributed by atoms with Crippen molar-refractivity contribution in [1.29, 1.82) is 0 Å². The fourth-order valence-corrected chi connectivity index (χ4v) is 4.21. The normalized spacial score (nSPS) is 11.4. The second kappa shape index (κ2) is 8.26. The minimum atomic E-state index is -4.05. The lowest BCUT2D eigenvalue weighted by molar-refractivity contribution is 0.0517. The van der Waals surface area contributed by atoms with Crippen molar-refractivity contribution in [2.75, 3.05) is 12.3 Å². The number of hydrogen-bond donors (Lipinski definition) is 1. The molecule has 2 N–H and O–H groups in total. The number of aryl methyl sites for hydroxylation is 1. The fraction of sp³-hybridized carbons (Fsp3) is 0.200. The lowest BCUT2D eigenvalue weighted by Gasteiger charge is -2.07. The molecule has 3 aromatic rings. The summed E-state index contributed by atoms with van der Waals surface area (Å²) in [6.07, 6.45) is 0.778. The molecule has 0 atom stereocenters. The fourth-order valence-electron chi connectivity index (χ4n) is 2.79. The number of nitrogen functional groups attached to an aromatic ring is 1. The van der Waals surface area contributed by atoms with E-state index in [9.17, 15) is 13.2 Å². The molecular formula is C20H20ClN3O4S. The molecule has 1 aromatic heterocycles. The number of ether oxygens (including phenoxy) is 1. The first-order chi connectivity index (χ1) is 13.8. The number of hydrogen-bond acceptors (Lipinski definition) is 6. The number of sulfone groups is 1. The van der Waals surface area contributed by atoms with E-state index in [-0.39, 0.29) is 22.9 Å². The molecule has 3 rings (SSSR count). The van der Waals surface area contributed by atoms with Crippen LogP contribution in [0.5, 0.6) is 0 Å². The molecule has 0 fully saturated rings. The molecule has 7 nitrogen and oxygen atoms in total. The maximum atomic E-state index is 13.2. The van der Waals surface area contributed by atoms with E-state index in [0.717, 1.165) is 16.7 Å². The molecule has 152 valence electrons. The Hall–Kier alpha value is -2.84. The third kappa shape index (κ3) is 3.99. The molecule has 9 heteroatoms. The van der Waals surface area contributed by atoms with E-state index in [2.05, 4.69) is 5.10 Å². The van der Waals surface area contributed by atoms with Crippen molar-refractivity contribution < 1.29 is 17.9 Å². The number of aromatic nitrogens is 2. The number of nitrogens with zero attached hydrogens (tertiary/aromatic N) is 2. The number of benzene rings is 2. The van der Waals surface area contributed by atoms with Crippen molar-refractivity contribution in [3.8, 4) is 5.69 Å². The first kappa shape index (κ1) is 20.9. The summed E-state index contributed by atoms with van der Waals surface area (Å²) in [6.45, 7) is 3.72. The highest BCUT2D eigenvalue weighted by atomic mass is 35.5. The molecule has 0 unspecified atom stereocenters. The van der Waals surface area contributed by atoms with E-state index in [1.165, 1.54) is 12.1 Å². The minimum Gasteiger partial charge on any atom is -0.461 e. The quantitative estimate of drug-likeness (QED) is 0.594. The molecule has 0 aliphatic heterocycles. The number of nitrogens with two attached hydrogens (primary N) is 1. The average molecular weight is 434 g/mol. The molecule has 0 aliphatic carbocycles. The molecule has 0 aliphatic rings. The Morgan fingerprint density at radius 2 is 1.72 bits per heavy atom. The van der Waals surface area contributed by atoms with Crippen LogP contribution in [0.2, 0.25) is 5.02 Å². The van der Waals surface area contributed by atoms with Crippen LogP contribution in [0.3, 0.4) is 0 Å². The van der Waals surface area contributed by atoms with Gasteiger partial charge >= 0.3 is 5.97 Å². The van der Waals surface area contributed by atoms with Crippen LogP contribution in [-0.4, -0.2) is 30.8 Å². The van der Waals surface area contributed by atoms with Gasteiger partial charge in [0.15, 0.2) is 5.69 Å². The summed E-state index contributed by atoms with van der Waals surface area (Å²) in [5.41, 5.74) is 7.09. The van der Waals surface area contributed by atoms with Crippen molar-refractivity contribution in [3.05, 3.63) is 64.8 Å². The van der Waals surface area contributed by atoms with Gasteiger partial charge in [0.05, 0.1) is 17.2 Å². The number of carbonyl (C=O) groups excluding carboxylic acids is 1. The van der Waals surface area contributed by atoms with E-state index in [1.54, 1.807) is 43.3 Å². The van der Waals surface area contributed by atoms with Gasteiger partial charge in [0, 0.05) is 5.02 Å². The van der Waals surface area contributed by atoms with Crippen LogP contribution in [0.25, 0.3) is 5.69 Å². The average Bonchev–Trinajstić information content (AvgIpc) is 3.06. The smallest absolute Gasteiger partial charge is 0.359 e. The molecule has 29 heavy (non-hydrogen) atoms. The topological polar surface area (TPSA) is 104 Å². The number of carbonyl (C=O) groups is 1. The molecule has 1 heterocycles. The lowest BCUT2D eigenvalue weighted by Crippen LogP contribution is -2.13. The first-order valence-corrected chi connectivity index (χ1v) is 10.8. The minimum absolute atomic E-state index is 0.0394. The summed E-state index contributed by atoms with van der Waals surface area (Å²) in [7, 11) is -4.05. The van der Waals surface area contributed by atoms with Gasteiger partial charge in [0.1, 0.15) is 5.69 Å². The summed E-state index contributed by atoms with van der Waals surface area (Å²) in [5.74, 6) is -0.768. The number of esters is 1. The number of rotatable bonds is 6. The Balaban J connectivity index is 2.20. The molecule has 2 aromatic carbocycles. The van der Waals surface area contributed by atoms with Gasteiger partial charge in [-0.15, -0.1) is 0 Å². The van der Waals surface area contributed by atoms with Gasteiger partial charge in [-0.1, -0.05) is 30.7 Å². The summed E-state index contributed by atoms with van der Waals surface area (Å²) >= 11 is 5.92. The maximum Gasteiger partial charge on any atom is 0.359 e. The van der Waals surface area contributed by atoms with Crippen molar-refractivity contribution in [3.63, 3.8) is 0 Å². The number of anilines is 1. The van der Waals surface area contributed by atoms with E-state index >= 15 is 0 Å². The van der Waals surface area contributed by atoms with E-state index in [4.69, 9.17) is 22.1 Å². The Morgan fingerprint density at radius 3 is 2.28 bits per heavy atom. The SMILES string of the molecule is CCOC(=O)c1c(N)c(S(=O)(=O)c2ccc(CC)cc2)nn1-c1ccc(Cl)cc1. The van der Waals surface area contributed by atoms with Crippen LogP contribution >= 0.6 is 11.6 Å². The second-order valence-electron chi connectivity index (χ2n) is 6.18. The van der Waals surface area contributed by atoms with Gasteiger partial charge in [-0.2, -0.15) is 5.10 Å². The van der Waals surface area contributed by atoms with Gasteiger partial charge in [0.2, 0.25) is 14.9 Å². The van der Waals surface area contributed by atoms with Gasteiger partial charge in [-0.25, -0.2) is 17.9 Å². The zero-order valence-corrected chi connectivity index (χ0v) is 17.5. The van der Waals surface area contributed by atoms with Gasteiger partial charge in [0.25, 0.3) is 0 Å². The second-order valence-corrected chi connectivity index (χ2v) is 8.48. The Morgan fingerprint density at radius 1 is 1.10 bits per heavy atom. The molecule has 0 amide bonds. The first-order valence-electron chi connectivity index (χ1n) is 8.95. The molecule has 0 saturated carbocycles. The van der Waals surface area contributed by atoms with E-state index in [1.807, 2.05) is 6.92 Å². The molecule has 0 saturated heterocycles.